The van der Waals surface area contributed by atoms with Crippen LogP contribution >= 0.6 is 11.5 Å². The maximum Gasteiger partial charge on any atom is 0.319 e. The fourth-order valence-corrected chi connectivity index (χ4v) is 3.61. The van der Waals surface area contributed by atoms with E-state index >= 15 is 0 Å². The number of ether oxygens (including phenoxy) is 1. The van der Waals surface area contributed by atoms with Crippen LogP contribution in [-0.4, -0.2) is 48.4 Å². The normalized spacial score (nSPS) is 10.9. The van der Waals surface area contributed by atoms with E-state index in [1.54, 1.807) is 0 Å². The molecule has 0 aliphatic rings. The van der Waals surface area contributed by atoms with Crippen molar-refractivity contribution in [3.8, 4) is 5.88 Å². The van der Waals surface area contributed by atoms with E-state index in [4.69, 9.17) is 10.5 Å². The Hall–Kier alpha value is -2.79. The standard InChI is InChI=1S/C21H29F2N5O3S/c1-13-10-16(23)14(11-15(13)22)12-31-19-17(18(24)29)20(32-27-19)26-21(30)25-8-6-4-5-7-9-28(2)3/h10-11H,4-9,12H2,1-3H3,(H2,24,29)(H2,25,26,30). The minimum absolute atomic E-state index is 0.0330. The number of aromatic nitrogens is 1. The summed E-state index contributed by atoms with van der Waals surface area (Å²) in [4.78, 5) is 26.1. The second-order valence-corrected chi connectivity index (χ2v) is 8.41. The Morgan fingerprint density at radius 1 is 1.16 bits per heavy atom. The molecular weight excluding hydrogens is 440 g/mol. The van der Waals surface area contributed by atoms with Crippen LogP contribution in [0.15, 0.2) is 12.1 Å². The van der Waals surface area contributed by atoms with Gasteiger partial charge in [-0.3, -0.25) is 10.1 Å². The fraction of sp³-hybridized carbons (Fsp3) is 0.476. The minimum atomic E-state index is -0.861. The predicted octanol–water partition coefficient (Wildman–Crippen LogP) is 3.65. The molecule has 8 nitrogen and oxygen atoms in total. The number of benzene rings is 1. The highest BCUT2D eigenvalue weighted by atomic mass is 32.1. The molecule has 4 N–H and O–H groups in total. The number of unbranched alkanes of at least 4 members (excludes halogenated alkanes) is 3. The molecule has 0 atom stereocenters. The van der Waals surface area contributed by atoms with Crippen molar-refractivity contribution < 1.29 is 23.1 Å². The van der Waals surface area contributed by atoms with Gasteiger partial charge in [-0.05, 0) is 69.6 Å². The number of primary amides is 1. The van der Waals surface area contributed by atoms with Crippen molar-refractivity contribution in [3.05, 3.63) is 40.5 Å². The van der Waals surface area contributed by atoms with Crippen molar-refractivity contribution in [2.75, 3.05) is 32.5 Å². The van der Waals surface area contributed by atoms with Crippen LogP contribution < -0.4 is 21.1 Å². The highest BCUT2D eigenvalue weighted by Gasteiger charge is 2.22. The molecule has 1 heterocycles. The SMILES string of the molecule is Cc1cc(F)c(COc2nsc(NC(=O)NCCCCCCN(C)C)c2C(N)=O)cc1F. The number of amides is 3. The van der Waals surface area contributed by atoms with Gasteiger partial charge in [0.2, 0.25) is 5.88 Å². The van der Waals surface area contributed by atoms with Gasteiger partial charge in [-0.15, -0.1) is 0 Å². The molecule has 0 saturated heterocycles. The van der Waals surface area contributed by atoms with Crippen molar-refractivity contribution in [1.82, 2.24) is 14.6 Å². The van der Waals surface area contributed by atoms with Crippen LogP contribution in [-0.2, 0) is 6.61 Å². The third-order valence-corrected chi connectivity index (χ3v) is 5.39. The van der Waals surface area contributed by atoms with Gasteiger partial charge in [0.15, 0.2) is 0 Å². The van der Waals surface area contributed by atoms with Gasteiger partial charge in [0.05, 0.1) is 0 Å². The first-order valence-corrected chi connectivity index (χ1v) is 11.0. The zero-order valence-corrected chi connectivity index (χ0v) is 19.3. The summed E-state index contributed by atoms with van der Waals surface area (Å²) in [6.45, 7) is 2.61. The Labute approximate surface area is 190 Å². The van der Waals surface area contributed by atoms with E-state index < -0.39 is 23.6 Å². The van der Waals surface area contributed by atoms with Gasteiger partial charge >= 0.3 is 6.03 Å². The summed E-state index contributed by atoms with van der Waals surface area (Å²) in [6, 6.07) is 1.58. The Kier molecular flexibility index (Phi) is 9.79. The van der Waals surface area contributed by atoms with E-state index in [0.717, 1.165) is 55.9 Å². The lowest BCUT2D eigenvalue weighted by molar-refractivity contribution is 0.0996. The van der Waals surface area contributed by atoms with Crippen LogP contribution in [0, 0.1) is 18.6 Å². The summed E-state index contributed by atoms with van der Waals surface area (Å²) >= 11 is 0.811. The highest BCUT2D eigenvalue weighted by Crippen LogP contribution is 2.31. The number of urea groups is 1. The van der Waals surface area contributed by atoms with Gasteiger partial charge in [-0.2, -0.15) is 4.37 Å². The van der Waals surface area contributed by atoms with Crippen LogP contribution in [0.2, 0.25) is 0 Å². The number of rotatable bonds is 12. The molecular formula is C21H29F2N5O3S. The number of nitrogens with one attached hydrogen (secondary N) is 2. The number of hydrogen-bond acceptors (Lipinski definition) is 6. The van der Waals surface area contributed by atoms with E-state index in [-0.39, 0.29) is 34.2 Å². The highest BCUT2D eigenvalue weighted by molar-refractivity contribution is 7.11. The topological polar surface area (TPSA) is 110 Å². The van der Waals surface area contributed by atoms with E-state index in [1.165, 1.54) is 6.92 Å². The molecule has 0 aliphatic heterocycles. The molecule has 0 spiro atoms. The number of aryl methyl sites for hydroxylation is 1. The van der Waals surface area contributed by atoms with Gasteiger partial charge < -0.3 is 20.7 Å². The third kappa shape index (κ3) is 7.72. The Morgan fingerprint density at radius 2 is 1.88 bits per heavy atom. The second kappa shape index (κ2) is 12.3. The lowest BCUT2D eigenvalue weighted by Gasteiger charge is -2.10. The van der Waals surface area contributed by atoms with E-state index in [1.807, 2.05) is 14.1 Å². The predicted molar refractivity (Wildman–Crippen MR) is 120 cm³/mol. The molecule has 0 radical (unpaired) electrons. The van der Waals surface area contributed by atoms with E-state index in [2.05, 4.69) is 19.9 Å². The molecule has 176 valence electrons. The van der Waals surface area contributed by atoms with Gasteiger partial charge in [0.1, 0.15) is 28.8 Å². The summed E-state index contributed by atoms with van der Waals surface area (Å²) in [5.74, 6) is -2.23. The van der Waals surface area contributed by atoms with Gasteiger partial charge in [0.25, 0.3) is 5.91 Å². The van der Waals surface area contributed by atoms with Gasteiger partial charge in [-0.25, -0.2) is 13.6 Å². The lowest BCUT2D eigenvalue weighted by atomic mass is 10.1. The van der Waals surface area contributed by atoms with Gasteiger partial charge in [0, 0.05) is 12.1 Å². The number of nitrogens with two attached hydrogens (primary N) is 1. The molecule has 2 rings (SSSR count). The van der Waals surface area contributed by atoms with Gasteiger partial charge in [-0.1, -0.05) is 12.8 Å². The summed E-state index contributed by atoms with van der Waals surface area (Å²) < 4.78 is 37.1. The third-order valence-electron chi connectivity index (χ3n) is 4.64. The molecule has 0 aliphatic carbocycles. The van der Waals surface area contributed by atoms with E-state index in [0.29, 0.717) is 6.54 Å². The average molecular weight is 470 g/mol. The van der Waals surface area contributed by atoms with Crippen molar-refractivity contribution in [2.24, 2.45) is 5.73 Å². The molecule has 0 saturated carbocycles. The molecule has 2 aromatic rings. The first-order chi connectivity index (χ1) is 15.2. The number of hydrogen-bond donors (Lipinski definition) is 3. The monoisotopic (exact) mass is 469 g/mol. The molecule has 0 bridgehead atoms. The maximum absolute atomic E-state index is 14.0. The van der Waals surface area contributed by atoms with Crippen LogP contribution in [0.1, 0.15) is 47.2 Å². The fourth-order valence-electron chi connectivity index (χ4n) is 2.88. The first-order valence-electron chi connectivity index (χ1n) is 10.3. The number of carbonyl (C=O) groups excluding carboxylic acids is 2. The number of carbonyl (C=O) groups is 2. The van der Waals surface area contributed by atoms with Crippen LogP contribution in [0.4, 0.5) is 18.6 Å². The molecule has 1 aromatic heterocycles. The maximum atomic E-state index is 14.0. The zero-order chi connectivity index (χ0) is 23.7. The second-order valence-electron chi connectivity index (χ2n) is 7.64. The minimum Gasteiger partial charge on any atom is -0.471 e. The summed E-state index contributed by atoms with van der Waals surface area (Å²) in [6.07, 6.45) is 4.01. The number of nitrogens with zero attached hydrogens (tertiary/aromatic N) is 2. The summed E-state index contributed by atoms with van der Waals surface area (Å²) in [5.41, 5.74) is 5.42. The zero-order valence-electron chi connectivity index (χ0n) is 18.5. The Morgan fingerprint density at radius 3 is 2.56 bits per heavy atom. The lowest BCUT2D eigenvalue weighted by Crippen LogP contribution is -2.30. The van der Waals surface area contributed by atoms with Crippen molar-refractivity contribution in [1.29, 1.82) is 0 Å². The first kappa shape index (κ1) is 25.5. The number of halogens is 2. The molecule has 1 aromatic carbocycles. The van der Waals surface area contributed by atoms with Crippen molar-refractivity contribution >= 4 is 28.5 Å². The molecule has 3 amide bonds. The van der Waals surface area contributed by atoms with Crippen LogP contribution in [0.25, 0.3) is 0 Å². The Bertz CT molecular complexity index is 936. The van der Waals surface area contributed by atoms with Crippen molar-refractivity contribution in [2.45, 2.75) is 39.2 Å². The van der Waals surface area contributed by atoms with E-state index in [9.17, 15) is 18.4 Å². The quantitative estimate of drug-likeness (QED) is 0.411. The summed E-state index contributed by atoms with van der Waals surface area (Å²) in [7, 11) is 4.06. The summed E-state index contributed by atoms with van der Waals surface area (Å²) in [5, 5.41) is 5.37. The Balaban J connectivity index is 1.89. The van der Waals surface area contributed by atoms with Crippen molar-refractivity contribution in [3.63, 3.8) is 0 Å². The average Bonchev–Trinajstić information content (AvgIpc) is 3.11. The smallest absolute Gasteiger partial charge is 0.319 e. The molecule has 0 unspecified atom stereocenters. The van der Waals surface area contributed by atoms with Crippen LogP contribution in [0.3, 0.4) is 0 Å². The largest absolute Gasteiger partial charge is 0.471 e. The molecule has 0 fully saturated rings. The van der Waals surface area contributed by atoms with Crippen LogP contribution in [0.5, 0.6) is 5.88 Å². The number of anilines is 1. The molecule has 32 heavy (non-hydrogen) atoms. The molecule has 11 heteroatoms.